The van der Waals surface area contributed by atoms with Crippen molar-refractivity contribution in [1.82, 2.24) is 4.90 Å². The lowest BCUT2D eigenvalue weighted by Gasteiger charge is -2.17. The fourth-order valence-corrected chi connectivity index (χ4v) is 2.52. The van der Waals surface area contributed by atoms with E-state index in [1.165, 1.54) is 12.8 Å². The summed E-state index contributed by atoms with van der Waals surface area (Å²) in [5.74, 6) is 0.868. The maximum Gasteiger partial charge on any atom is 0.181 e. The second-order valence-corrected chi connectivity index (χ2v) is 5.19. The van der Waals surface area contributed by atoms with E-state index in [0.29, 0.717) is 5.78 Å². The van der Waals surface area contributed by atoms with E-state index in [0.717, 1.165) is 38.0 Å². The number of rotatable bonds is 1. The zero-order chi connectivity index (χ0) is 13.0. The molecular formula is C15H21NO2. The fraction of sp³-hybridized carbons (Fsp3) is 0.600. The number of carbonyl (C=O) groups is 2. The van der Waals surface area contributed by atoms with E-state index < -0.39 is 0 Å². The molecule has 1 heterocycles. The maximum atomic E-state index is 11.6. The van der Waals surface area contributed by atoms with E-state index >= 15 is 0 Å². The van der Waals surface area contributed by atoms with Crippen molar-refractivity contribution < 1.29 is 9.59 Å². The van der Waals surface area contributed by atoms with Crippen LogP contribution < -0.4 is 0 Å². The van der Waals surface area contributed by atoms with Crippen LogP contribution in [0.3, 0.4) is 0 Å². The average Bonchev–Trinajstić information content (AvgIpc) is 3.06. The maximum absolute atomic E-state index is 11.6. The molecule has 1 saturated heterocycles. The third-order valence-electron chi connectivity index (χ3n) is 3.67. The van der Waals surface area contributed by atoms with E-state index in [2.05, 4.69) is 11.0 Å². The van der Waals surface area contributed by atoms with Gasteiger partial charge in [0.25, 0.3) is 0 Å². The van der Waals surface area contributed by atoms with Gasteiger partial charge in [0.15, 0.2) is 11.6 Å². The van der Waals surface area contributed by atoms with Gasteiger partial charge in [-0.1, -0.05) is 19.1 Å². The zero-order valence-electron chi connectivity index (χ0n) is 11.0. The summed E-state index contributed by atoms with van der Waals surface area (Å²) in [6.45, 7) is 4.19. The lowest BCUT2D eigenvalue weighted by atomic mass is 10.1. The Morgan fingerprint density at radius 3 is 2.33 bits per heavy atom. The molecule has 98 valence electrons. The third-order valence-corrected chi connectivity index (χ3v) is 3.67. The molecule has 1 unspecified atom stereocenters. The predicted octanol–water partition coefficient (Wildman–Crippen LogP) is 2.48. The van der Waals surface area contributed by atoms with Crippen LogP contribution in [0.4, 0.5) is 0 Å². The number of nitrogens with zero attached hydrogens (tertiary/aromatic N) is 1. The second-order valence-electron chi connectivity index (χ2n) is 5.19. The Kier molecular flexibility index (Phi) is 4.34. The lowest BCUT2D eigenvalue weighted by molar-refractivity contribution is -0.119. The first kappa shape index (κ1) is 13.1. The Labute approximate surface area is 109 Å². The summed E-state index contributed by atoms with van der Waals surface area (Å²) >= 11 is 0. The van der Waals surface area contributed by atoms with Gasteiger partial charge in [0, 0.05) is 25.4 Å². The molecule has 3 heteroatoms. The van der Waals surface area contributed by atoms with Gasteiger partial charge in [-0.25, -0.2) is 0 Å². The number of hydrogen-bond acceptors (Lipinski definition) is 3. The van der Waals surface area contributed by atoms with E-state index in [1.807, 2.05) is 13.0 Å². The standard InChI is InChI=1S/C10H15NO.C5H6O/c1-8-4-5-9(10(8)12)11-6-2-3-7-11;6-5-3-1-2-4-5/h5,8H,2-4,6-7H2,1H3;1,3H,2,4H2. The van der Waals surface area contributed by atoms with Crippen molar-refractivity contribution in [2.75, 3.05) is 13.1 Å². The quantitative estimate of drug-likeness (QED) is 0.714. The Balaban J connectivity index is 0.000000169. The van der Waals surface area contributed by atoms with Gasteiger partial charge < -0.3 is 4.90 Å². The number of likely N-dealkylation sites (tertiary alicyclic amines) is 1. The zero-order valence-corrected chi connectivity index (χ0v) is 11.0. The van der Waals surface area contributed by atoms with Crippen molar-refractivity contribution in [1.29, 1.82) is 0 Å². The van der Waals surface area contributed by atoms with E-state index in [9.17, 15) is 9.59 Å². The number of allylic oxidation sites excluding steroid dienone is 4. The van der Waals surface area contributed by atoms with Crippen LogP contribution in [-0.2, 0) is 9.59 Å². The highest BCUT2D eigenvalue weighted by molar-refractivity contribution is 5.98. The van der Waals surface area contributed by atoms with Crippen LogP contribution in [0.1, 0.15) is 39.0 Å². The number of Topliss-reactive ketones (excluding diaryl/α,β-unsaturated/α-hetero) is 1. The molecule has 3 nitrogen and oxygen atoms in total. The molecule has 2 aliphatic carbocycles. The molecule has 3 rings (SSSR count). The molecule has 3 aliphatic rings. The first-order valence-corrected chi connectivity index (χ1v) is 6.87. The Morgan fingerprint density at radius 1 is 1.22 bits per heavy atom. The van der Waals surface area contributed by atoms with Crippen molar-refractivity contribution >= 4 is 11.6 Å². The van der Waals surface area contributed by atoms with Gasteiger partial charge in [0.1, 0.15) is 0 Å². The van der Waals surface area contributed by atoms with Crippen LogP contribution in [0.5, 0.6) is 0 Å². The van der Waals surface area contributed by atoms with Gasteiger partial charge in [-0.05, 0) is 31.8 Å². The first-order chi connectivity index (χ1) is 8.68. The largest absolute Gasteiger partial charge is 0.369 e. The van der Waals surface area contributed by atoms with Crippen molar-refractivity contribution in [3.8, 4) is 0 Å². The first-order valence-electron chi connectivity index (χ1n) is 6.87. The smallest absolute Gasteiger partial charge is 0.181 e. The van der Waals surface area contributed by atoms with E-state index in [4.69, 9.17) is 0 Å². The molecule has 0 N–H and O–H groups in total. The van der Waals surface area contributed by atoms with Crippen molar-refractivity contribution in [3.63, 3.8) is 0 Å². The molecule has 0 aromatic heterocycles. The minimum absolute atomic E-state index is 0.237. The summed E-state index contributed by atoms with van der Waals surface area (Å²) in [5.41, 5.74) is 1.00. The molecule has 0 aromatic carbocycles. The number of ketones is 2. The molecule has 0 radical (unpaired) electrons. The van der Waals surface area contributed by atoms with Crippen molar-refractivity contribution in [2.45, 2.75) is 39.0 Å². The van der Waals surface area contributed by atoms with Crippen LogP contribution in [0.15, 0.2) is 23.9 Å². The minimum atomic E-state index is 0.237. The predicted molar refractivity (Wildman–Crippen MR) is 71.1 cm³/mol. The van der Waals surface area contributed by atoms with Gasteiger partial charge in [-0.15, -0.1) is 0 Å². The summed E-state index contributed by atoms with van der Waals surface area (Å²) in [5, 5.41) is 0. The molecule has 1 atom stereocenters. The summed E-state index contributed by atoms with van der Waals surface area (Å²) in [6, 6.07) is 0. The molecule has 18 heavy (non-hydrogen) atoms. The fourth-order valence-electron chi connectivity index (χ4n) is 2.52. The van der Waals surface area contributed by atoms with Gasteiger partial charge in [-0.3, -0.25) is 9.59 Å². The molecule has 1 aliphatic heterocycles. The van der Waals surface area contributed by atoms with Gasteiger partial charge >= 0.3 is 0 Å². The topological polar surface area (TPSA) is 37.4 Å². The van der Waals surface area contributed by atoms with Crippen molar-refractivity contribution in [2.24, 2.45) is 5.92 Å². The minimum Gasteiger partial charge on any atom is -0.369 e. The van der Waals surface area contributed by atoms with E-state index in [1.54, 1.807) is 6.08 Å². The second kappa shape index (κ2) is 5.98. The van der Waals surface area contributed by atoms with Crippen LogP contribution in [0.25, 0.3) is 0 Å². The van der Waals surface area contributed by atoms with Gasteiger partial charge in [0.2, 0.25) is 0 Å². The highest BCUT2D eigenvalue weighted by Crippen LogP contribution is 2.25. The summed E-state index contributed by atoms with van der Waals surface area (Å²) in [4.78, 5) is 24.0. The third kappa shape index (κ3) is 3.09. The monoisotopic (exact) mass is 247 g/mol. The molecule has 0 aromatic rings. The number of carbonyl (C=O) groups excluding carboxylic acids is 2. The highest BCUT2D eigenvalue weighted by Gasteiger charge is 2.28. The molecule has 0 saturated carbocycles. The van der Waals surface area contributed by atoms with Crippen molar-refractivity contribution in [3.05, 3.63) is 23.9 Å². The van der Waals surface area contributed by atoms with Crippen LogP contribution in [0, 0.1) is 5.92 Å². The van der Waals surface area contributed by atoms with Crippen LogP contribution in [0.2, 0.25) is 0 Å². The molecular weight excluding hydrogens is 226 g/mol. The summed E-state index contributed by atoms with van der Waals surface area (Å²) in [6.07, 6.45) is 10.8. The van der Waals surface area contributed by atoms with Gasteiger partial charge in [-0.2, -0.15) is 0 Å². The Bertz CT molecular complexity index is 389. The number of hydrogen-bond donors (Lipinski definition) is 0. The van der Waals surface area contributed by atoms with Crippen LogP contribution in [-0.4, -0.2) is 29.6 Å². The van der Waals surface area contributed by atoms with Crippen LogP contribution >= 0.6 is 0 Å². The molecule has 1 fully saturated rings. The average molecular weight is 247 g/mol. The highest BCUT2D eigenvalue weighted by atomic mass is 16.1. The summed E-state index contributed by atoms with van der Waals surface area (Å²) < 4.78 is 0. The molecule has 0 spiro atoms. The van der Waals surface area contributed by atoms with Gasteiger partial charge in [0.05, 0.1) is 5.70 Å². The van der Waals surface area contributed by atoms with E-state index in [-0.39, 0.29) is 11.7 Å². The normalized spacial score (nSPS) is 26.4. The molecule has 0 bridgehead atoms. The lowest BCUT2D eigenvalue weighted by Crippen LogP contribution is -2.24. The summed E-state index contributed by atoms with van der Waals surface area (Å²) in [7, 11) is 0. The Hall–Kier alpha value is -1.38. The SMILES string of the molecule is CC1CC=C(N2CCCC2)C1=O.O=C1C=CCC1. The molecule has 0 amide bonds. The Morgan fingerprint density at radius 2 is 1.94 bits per heavy atom.